The zero-order valence-corrected chi connectivity index (χ0v) is 18.9. The number of thiophene rings is 1. The molecule has 0 spiro atoms. The highest BCUT2D eigenvalue weighted by molar-refractivity contribution is 7.19. The number of rotatable bonds is 6. The first-order chi connectivity index (χ1) is 15.5. The Kier molecular flexibility index (Phi) is 6.30. The van der Waals surface area contributed by atoms with E-state index < -0.39 is 11.6 Å². The first-order valence-corrected chi connectivity index (χ1v) is 10.8. The molecule has 0 saturated carbocycles. The van der Waals surface area contributed by atoms with E-state index in [1.807, 2.05) is 18.2 Å². The van der Waals surface area contributed by atoms with Crippen LogP contribution >= 0.6 is 22.9 Å². The number of benzene rings is 2. The van der Waals surface area contributed by atoms with Gasteiger partial charge in [0.25, 0.3) is 5.91 Å². The van der Waals surface area contributed by atoms with Crippen molar-refractivity contribution in [1.82, 2.24) is 9.13 Å². The summed E-state index contributed by atoms with van der Waals surface area (Å²) in [4.78, 5) is 27.1. The van der Waals surface area contributed by atoms with Crippen LogP contribution < -0.4 is 15.2 Å². The van der Waals surface area contributed by atoms with Crippen molar-refractivity contribution in [3.05, 3.63) is 93.3 Å². The summed E-state index contributed by atoms with van der Waals surface area (Å²) < 4.78 is 13.7. The topological polar surface area (TPSA) is 62.5 Å². The van der Waals surface area contributed by atoms with Crippen molar-refractivity contribution in [3.63, 3.8) is 0 Å². The average Bonchev–Trinajstić information content (AvgIpc) is 3.40. The van der Waals surface area contributed by atoms with Crippen molar-refractivity contribution in [3.8, 4) is 27.8 Å². The van der Waals surface area contributed by atoms with Crippen LogP contribution in [0.3, 0.4) is 0 Å². The van der Waals surface area contributed by atoms with E-state index in [0.717, 1.165) is 15.0 Å². The largest absolute Gasteiger partial charge is 0.493 e. The summed E-state index contributed by atoms with van der Waals surface area (Å²) in [6, 6.07) is 18.0. The minimum Gasteiger partial charge on any atom is -0.493 e. The number of nitrogens with zero attached hydrogens (tertiary/aromatic N) is 2. The number of halogens is 1. The summed E-state index contributed by atoms with van der Waals surface area (Å²) in [5, 5.41) is 0. The molecule has 6 nitrogen and oxygen atoms in total. The number of aromatic nitrogens is 2. The molecule has 0 radical (unpaired) electrons. The lowest BCUT2D eigenvalue weighted by molar-refractivity contribution is 0.0967. The maximum atomic E-state index is 13.2. The van der Waals surface area contributed by atoms with E-state index in [-0.39, 0.29) is 0 Å². The predicted octanol–water partition coefficient (Wildman–Crippen LogP) is 5.39. The van der Waals surface area contributed by atoms with E-state index >= 15 is 0 Å². The van der Waals surface area contributed by atoms with Crippen molar-refractivity contribution in [2.24, 2.45) is 0 Å². The van der Waals surface area contributed by atoms with Gasteiger partial charge in [-0.25, -0.2) is 9.36 Å². The zero-order valence-electron chi connectivity index (χ0n) is 17.3. The molecule has 162 valence electrons. The first-order valence-electron chi connectivity index (χ1n) is 9.62. The summed E-state index contributed by atoms with van der Waals surface area (Å²) >= 11 is 7.40. The molecule has 8 heteroatoms. The molecule has 4 rings (SSSR count). The number of allylic oxidation sites excluding steroid dienone is 1. The zero-order chi connectivity index (χ0) is 22.7. The maximum Gasteiger partial charge on any atom is 0.340 e. The smallest absolute Gasteiger partial charge is 0.340 e. The van der Waals surface area contributed by atoms with Crippen LogP contribution in [0, 0.1) is 0 Å². The van der Waals surface area contributed by atoms with Crippen LogP contribution in [0.5, 0.6) is 11.5 Å². The SMILES string of the molecule is COc1ccc(/C=C/C(=O)n2c(-c3ccc(Cl)s3)cn(-c3ccccc3)c2=O)cc1OC. The quantitative estimate of drug-likeness (QED) is 0.357. The molecule has 2 aromatic carbocycles. The number of para-hydroxylation sites is 1. The van der Waals surface area contributed by atoms with Gasteiger partial charge in [0.1, 0.15) is 0 Å². The molecule has 0 unspecified atom stereocenters. The highest BCUT2D eigenvalue weighted by atomic mass is 35.5. The second-order valence-electron chi connectivity index (χ2n) is 6.73. The molecule has 0 aliphatic carbocycles. The van der Waals surface area contributed by atoms with Gasteiger partial charge in [-0.05, 0) is 48.0 Å². The van der Waals surface area contributed by atoms with E-state index in [1.54, 1.807) is 69.0 Å². The van der Waals surface area contributed by atoms with Gasteiger partial charge < -0.3 is 9.47 Å². The molecule has 2 heterocycles. The summed E-state index contributed by atoms with van der Waals surface area (Å²) in [5.41, 5.74) is 1.40. The van der Waals surface area contributed by atoms with Crippen LogP contribution in [0.1, 0.15) is 10.4 Å². The molecule has 0 amide bonds. The molecular formula is C24H19ClN2O4S. The lowest BCUT2D eigenvalue weighted by atomic mass is 10.2. The second-order valence-corrected chi connectivity index (χ2v) is 8.44. The Bertz CT molecular complexity index is 1350. The molecule has 0 aliphatic rings. The van der Waals surface area contributed by atoms with Crippen LogP contribution in [0.4, 0.5) is 0 Å². The Labute approximate surface area is 193 Å². The van der Waals surface area contributed by atoms with Gasteiger partial charge in [-0.1, -0.05) is 35.9 Å². The van der Waals surface area contributed by atoms with E-state index in [1.165, 1.54) is 22.0 Å². The maximum absolute atomic E-state index is 13.2. The van der Waals surface area contributed by atoms with Crippen LogP contribution in [0.25, 0.3) is 22.3 Å². The van der Waals surface area contributed by atoms with E-state index in [0.29, 0.717) is 27.2 Å². The third kappa shape index (κ3) is 4.26. The van der Waals surface area contributed by atoms with Crippen molar-refractivity contribution in [2.75, 3.05) is 14.2 Å². The Morgan fingerprint density at radius 1 is 1.00 bits per heavy atom. The molecule has 0 bridgehead atoms. The molecule has 0 saturated heterocycles. The lowest BCUT2D eigenvalue weighted by Gasteiger charge is -2.07. The summed E-state index contributed by atoms with van der Waals surface area (Å²) in [6.45, 7) is 0. The van der Waals surface area contributed by atoms with Gasteiger partial charge in [0.2, 0.25) is 0 Å². The molecule has 0 fully saturated rings. The fourth-order valence-electron chi connectivity index (χ4n) is 3.26. The molecule has 0 atom stereocenters. The fourth-order valence-corrected chi connectivity index (χ4v) is 4.30. The van der Waals surface area contributed by atoms with Gasteiger partial charge in [-0.2, -0.15) is 0 Å². The summed E-state index contributed by atoms with van der Waals surface area (Å²) in [5.74, 6) is 0.659. The average molecular weight is 467 g/mol. The van der Waals surface area contributed by atoms with Gasteiger partial charge in [-0.3, -0.25) is 9.36 Å². The first kappa shape index (κ1) is 21.7. The van der Waals surface area contributed by atoms with E-state index in [4.69, 9.17) is 21.1 Å². The van der Waals surface area contributed by atoms with Crippen LogP contribution in [-0.2, 0) is 0 Å². The van der Waals surface area contributed by atoms with Gasteiger partial charge in [0, 0.05) is 12.3 Å². The van der Waals surface area contributed by atoms with Gasteiger partial charge >= 0.3 is 5.69 Å². The highest BCUT2D eigenvalue weighted by Crippen LogP contribution is 2.31. The van der Waals surface area contributed by atoms with Gasteiger partial charge in [0.15, 0.2) is 11.5 Å². The minimum absolute atomic E-state index is 0.460. The van der Waals surface area contributed by atoms with Crippen LogP contribution in [0.2, 0.25) is 4.34 Å². The lowest BCUT2D eigenvalue weighted by Crippen LogP contribution is -2.27. The van der Waals surface area contributed by atoms with Crippen molar-refractivity contribution >= 4 is 34.9 Å². The normalized spacial score (nSPS) is 11.1. The second kappa shape index (κ2) is 9.30. The number of hydrogen-bond donors (Lipinski definition) is 0. The van der Waals surface area contributed by atoms with Crippen molar-refractivity contribution in [1.29, 1.82) is 0 Å². The minimum atomic E-state index is -0.473. The standard InChI is InChI=1S/C24H19ClN2O4S/c1-30-19-10-8-16(14-20(19)31-2)9-13-23(28)27-18(21-11-12-22(25)32-21)15-26(24(27)29)17-6-4-3-5-7-17/h3-15H,1-2H3/b13-9+. The van der Waals surface area contributed by atoms with Gasteiger partial charge in [0.05, 0.1) is 34.8 Å². The number of imidazole rings is 1. The summed E-state index contributed by atoms with van der Waals surface area (Å²) in [7, 11) is 3.10. The summed E-state index contributed by atoms with van der Waals surface area (Å²) in [6.07, 6.45) is 4.64. The van der Waals surface area contributed by atoms with Crippen LogP contribution in [-0.4, -0.2) is 29.3 Å². The number of methoxy groups -OCH3 is 2. The Hall–Kier alpha value is -3.55. The third-order valence-corrected chi connectivity index (χ3v) is 6.05. The number of hydrogen-bond acceptors (Lipinski definition) is 5. The highest BCUT2D eigenvalue weighted by Gasteiger charge is 2.19. The molecule has 0 aliphatic heterocycles. The predicted molar refractivity (Wildman–Crippen MR) is 128 cm³/mol. The Morgan fingerprint density at radius 2 is 1.75 bits per heavy atom. The number of carbonyl (C=O) groups excluding carboxylic acids is 1. The molecular weight excluding hydrogens is 448 g/mol. The monoisotopic (exact) mass is 466 g/mol. The third-order valence-electron chi connectivity index (χ3n) is 4.80. The van der Waals surface area contributed by atoms with Gasteiger partial charge in [-0.15, -0.1) is 11.3 Å². The molecule has 32 heavy (non-hydrogen) atoms. The molecule has 2 aromatic heterocycles. The van der Waals surface area contributed by atoms with Crippen LogP contribution in [0.15, 0.2) is 77.7 Å². The Balaban J connectivity index is 1.76. The van der Waals surface area contributed by atoms with E-state index in [2.05, 4.69) is 0 Å². The molecule has 0 N–H and O–H groups in total. The van der Waals surface area contributed by atoms with Crippen molar-refractivity contribution in [2.45, 2.75) is 0 Å². The Morgan fingerprint density at radius 3 is 2.41 bits per heavy atom. The fraction of sp³-hybridized carbons (Fsp3) is 0.0833. The number of carbonyl (C=O) groups is 1. The van der Waals surface area contributed by atoms with E-state index in [9.17, 15) is 9.59 Å². The molecule has 4 aromatic rings. The number of ether oxygens (including phenoxy) is 2. The van der Waals surface area contributed by atoms with Crippen molar-refractivity contribution < 1.29 is 14.3 Å².